The Morgan fingerprint density at radius 2 is 1.76 bits per heavy atom. The number of allylic oxidation sites excluding steroid dienone is 14. The van der Waals surface area contributed by atoms with Gasteiger partial charge >= 0.3 is 0 Å². The zero-order valence-corrected chi connectivity index (χ0v) is 19.0. The maximum atomic E-state index is 13.5. The Hall–Kier alpha value is -3.76. The Labute approximate surface area is 198 Å². The number of rotatable bonds is 1. The van der Waals surface area contributed by atoms with Crippen LogP contribution in [0.25, 0.3) is 0 Å². The van der Waals surface area contributed by atoms with Gasteiger partial charge in [-0.05, 0) is 64.1 Å². The summed E-state index contributed by atoms with van der Waals surface area (Å²) in [5, 5.41) is 0. The summed E-state index contributed by atoms with van der Waals surface area (Å²) >= 11 is 0. The highest BCUT2D eigenvalue weighted by Gasteiger charge is 2.45. The second kappa shape index (κ2) is 6.22. The van der Waals surface area contributed by atoms with Crippen molar-refractivity contribution >= 4 is 21.2 Å². The van der Waals surface area contributed by atoms with Crippen LogP contribution in [0.3, 0.4) is 0 Å². The summed E-state index contributed by atoms with van der Waals surface area (Å²) in [6.07, 6.45) is 18.7. The maximum Gasteiger partial charge on any atom is 0.207 e. The fraction of sp³-hybridized carbons (Fsp3) is 0.100. The van der Waals surface area contributed by atoms with E-state index in [-0.39, 0.29) is 11.8 Å². The van der Waals surface area contributed by atoms with Crippen LogP contribution in [-0.2, 0) is 9.84 Å². The van der Waals surface area contributed by atoms with Crippen molar-refractivity contribution in [1.29, 1.82) is 0 Å². The van der Waals surface area contributed by atoms with Crippen LogP contribution in [-0.4, -0.2) is 14.1 Å². The van der Waals surface area contributed by atoms with Crippen molar-refractivity contribution in [3.05, 3.63) is 136 Å². The minimum Gasteiger partial charge on any atom is -0.251 e. The predicted octanol–water partition coefficient (Wildman–Crippen LogP) is 6.23. The first-order valence-electron chi connectivity index (χ1n) is 11.6. The van der Waals surface area contributed by atoms with Crippen LogP contribution in [0.2, 0.25) is 0 Å². The van der Waals surface area contributed by atoms with Crippen LogP contribution >= 0.6 is 0 Å². The van der Waals surface area contributed by atoms with E-state index < -0.39 is 9.84 Å². The lowest BCUT2D eigenvalue weighted by atomic mass is 9.66. The van der Waals surface area contributed by atoms with Crippen LogP contribution in [0.15, 0.2) is 139 Å². The van der Waals surface area contributed by atoms with Crippen LogP contribution in [0, 0.1) is 5.92 Å². The molecule has 0 bridgehead atoms. The third-order valence-electron chi connectivity index (χ3n) is 7.81. The van der Waals surface area contributed by atoms with Crippen molar-refractivity contribution in [2.75, 3.05) is 0 Å². The standard InChI is InChI=1S/C30H19NO2S/c32-34(33)24-12-2-1-9-21(24)28-29-23(11-5-13-25(29)34)31-30(28)22-16-19-8-3-6-17-14-15-18-7-4-10-20(22)27(18)26(17)19/h1-7,9-16,27-28H,8H2. The number of benzene rings is 2. The quantitative estimate of drug-likeness (QED) is 0.510. The second-order valence-electron chi connectivity index (χ2n) is 9.47. The third-order valence-corrected chi connectivity index (χ3v) is 9.69. The molecule has 0 fully saturated rings. The van der Waals surface area contributed by atoms with Gasteiger partial charge in [-0.3, -0.25) is 4.99 Å². The molecule has 162 valence electrons. The molecule has 8 rings (SSSR count). The van der Waals surface area contributed by atoms with Gasteiger partial charge in [0.15, 0.2) is 0 Å². The lowest BCUT2D eigenvalue weighted by Gasteiger charge is -2.38. The summed E-state index contributed by atoms with van der Waals surface area (Å²) < 4.78 is 27.0. The van der Waals surface area contributed by atoms with Gasteiger partial charge in [0, 0.05) is 17.1 Å². The van der Waals surface area contributed by atoms with Crippen molar-refractivity contribution in [3.8, 4) is 0 Å². The van der Waals surface area contributed by atoms with E-state index in [9.17, 15) is 8.42 Å². The number of sulfone groups is 1. The van der Waals surface area contributed by atoms with Crippen molar-refractivity contribution < 1.29 is 8.42 Å². The number of aliphatic imine (C=N–C) groups is 1. The summed E-state index contributed by atoms with van der Waals surface area (Å²) in [6.45, 7) is 0. The first-order valence-corrected chi connectivity index (χ1v) is 13.1. The normalized spacial score (nSPS) is 25.9. The Bertz CT molecular complexity index is 1740. The highest BCUT2D eigenvalue weighted by atomic mass is 32.2. The van der Waals surface area contributed by atoms with Crippen LogP contribution < -0.4 is 0 Å². The minimum atomic E-state index is -3.57. The van der Waals surface area contributed by atoms with Gasteiger partial charge < -0.3 is 0 Å². The van der Waals surface area contributed by atoms with Crippen LogP contribution in [0.4, 0.5) is 5.69 Å². The van der Waals surface area contributed by atoms with Crippen molar-refractivity contribution in [3.63, 3.8) is 0 Å². The Morgan fingerprint density at radius 3 is 2.71 bits per heavy atom. The van der Waals surface area contributed by atoms with Gasteiger partial charge in [0.05, 0.1) is 27.1 Å². The number of hydrogen-bond acceptors (Lipinski definition) is 3. The molecule has 0 amide bonds. The Morgan fingerprint density at radius 1 is 0.882 bits per heavy atom. The molecule has 3 nitrogen and oxygen atoms in total. The zero-order valence-electron chi connectivity index (χ0n) is 18.2. The minimum absolute atomic E-state index is 0.184. The summed E-state index contributed by atoms with van der Waals surface area (Å²) in [5.41, 5.74) is 11.1. The smallest absolute Gasteiger partial charge is 0.207 e. The molecule has 4 heteroatoms. The van der Waals surface area contributed by atoms with Crippen molar-refractivity contribution in [2.45, 2.75) is 22.1 Å². The second-order valence-corrected chi connectivity index (χ2v) is 11.4. The molecule has 2 aliphatic heterocycles. The maximum absolute atomic E-state index is 13.5. The number of fused-ring (bicyclic) bond motifs is 2. The molecule has 2 heterocycles. The Balaban J connectivity index is 1.42. The average Bonchev–Trinajstić information content (AvgIpc) is 3.26. The molecule has 0 N–H and O–H groups in total. The fourth-order valence-electron chi connectivity index (χ4n) is 6.44. The summed E-state index contributed by atoms with van der Waals surface area (Å²) in [7, 11) is -3.57. The van der Waals surface area contributed by atoms with E-state index in [1.165, 1.54) is 27.9 Å². The molecule has 4 aliphatic carbocycles. The molecule has 2 aromatic carbocycles. The van der Waals surface area contributed by atoms with E-state index in [0.717, 1.165) is 34.5 Å². The monoisotopic (exact) mass is 457 g/mol. The third kappa shape index (κ3) is 2.17. The molecular weight excluding hydrogens is 438 g/mol. The predicted molar refractivity (Wildman–Crippen MR) is 133 cm³/mol. The average molecular weight is 458 g/mol. The largest absolute Gasteiger partial charge is 0.251 e. The first kappa shape index (κ1) is 18.6. The molecule has 0 saturated carbocycles. The lowest BCUT2D eigenvalue weighted by Crippen LogP contribution is -2.27. The number of nitrogens with zero attached hydrogens (tertiary/aromatic N) is 1. The molecule has 34 heavy (non-hydrogen) atoms. The molecule has 0 radical (unpaired) electrons. The van der Waals surface area contributed by atoms with Crippen molar-refractivity contribution in [2.24, 2.45) is 10.9 Å². The molecule has 2 unspecified atom stereocenters. The van der Waals surface area contributed by atoms with E-state index in [0.29, 0.717) is 9.79 Å². The van der Waals surface area contributed by atoms with E-state index in [4.69, 9.17) is 4.99 Å². The van der Waals surface area contributed by atoms with Gasteiger partial charge in [0.25, 0.3) is 0 Å². The highest BCUT2D eigenvalue weighted by molar-refractivity contribution is 7.91. The van der Waals surface area contributed by atoms with Gasteiger partial charge in [-0.2, -0.15) is 0 Å². The fourth-order valence-corrected chi connectivity index (χ4v) is 8.20. The summed E-state index contributed by atoms with van der Waals surface area (Å²) in [4.78, 5) is 5.92. The Kier molecular flexibility index (Phi) is 3.41. The highest BCUT2D eigenvalue weighted by Crippen LogP contribution is 2.54. The molecule has 2 atom stereocenters. The van der Waals surface area contributed by atoms with Crippen molar-refractivity contribution in [1.82, 2.24) is 0 Å². The zero-order chi connectivity index (χ0) is 22.6. The van der Waals surface area contributed by atoms with E-state index in [1.54, 1.807) is 12.1 Å². The lowest BCUT2D eigenvalue weighted by molar-refractivity contribution is 0.591. The van der Waals surface area contributed by atoms with E-state index in [1.807, 2.05) is 30.3 Å². The summed E-state index contributed by atoms with van der Waals surface area (Å²) in [6, 6.07) is 12.9. The van der Waals surface area contributed by atoms with Gasteiger partial charge in [-0.15, -0.1) is 0 Å². The molecule has 0 aromatic heterocycles. The topological polar surface area (TPSA) is 46.5 Å². The molecule has 0 saturated heterocycles. The number of hydrogen-bond donors (Lipinski definition) is 0. The van der Waals surface area contributed by atoms with Gasteiger partial charge in [-0.1, -0.05) is 66.8 Å². The van der Waals surface area contributed by atoms with Gasteiger partial charge in [-0.25, -0.2) is 8.42 Å². The molecule has 2 aromatic rings. The van der Waals surface area contributed by atoms with Crippen LogP contribution in [0.1, 0.15) is 23.5 Å². The molecular formula is C30H19NO2S. The van der Waals surface area contributed by atoms with Crippen LogP contribution in [0.5, 0.6) is 0 Å². The van der Waals surface area contributed by atoms with Gasteiger partial charge in [0.2, 0.25) is 9.84 Å². The SMILES string of the molecule is O=S1(=O)c2ccccc2C2C(C3=C4C=CC=C5C=CC6=C(C(=C3)CC=C6)C54)=Nc3cccc1c32. The summed E-state index contributed by atoms with van der Waals surface area (Å²) in [5.74, 6) is 0.0229. The first-order chi connectivity index (χ1) is 16.6. The van der Waals surface area contributed by atoms with Gasteiger partial charge in [0.1, 0.15) is 0 Å². The molecule has 6 aliphatic rings. The molecule has 0 spiro atoms. The van der Waals surface area contributed by atoms with E-state index >= 15 is 0 Å². The van der Waals surface area contributed by atoms with E-state index in [2.05, 4.69) is 48.6 Å².